The van der Waals surface area contributed by atoms with Crippen molar-refractivity contribution >= 4 is 0 Å². The van der Waals surface area contributed by atoms with E-state index in [9.17, 15) is 0 Å². The van der Waals surface area contributed by atoms with Gasteiger partial charge in [-0.25, -0.2) is 0 Å². The third-order valence-corrected chi connectivity index (χ3v) is 3.00. The highest BCUT2D eigenvalue weighted by Crippen LogP contribution is 2.30. The lowest BCUT2D eigenvalue weighted by Gasteiger charge is -2.13. The van der Waals surface area contributed by atoms with Gasteiger partial charge in [0.25, 0.3) is 0 Å². The van der Waals surface area contributed by atoms with Gasteiger partial charge in [-0.1, -0.05) is 0 Å². The van der Waals surface area contributed by atoms with Crippen LogP contribution in [0.3, 0.4) is 0 Å². The van der Waals surface area contributed by atoms with Gasteiger partial charge in [0.05, 0.1) is 14.2 Å². The maximum absolute atomic E-state index is 5.30. The summed E-state index contributed by atoms with van der Waals surface area (Å²) in [6.07, 6.45) is 2.62. The number of aryl methyl sites for hydroxylation is 1. The van der Waals surface area contributed by atoms with E-state index in [0.29, 0.717) is 0 Å². The van der Waals surface area contributed by atoms with Gasteiger partial charge >= 0.3 is 0 Å². The Balaban J connectivity index is 2.15. The Kier molecular flexibility index (Phi) is 3.34. The maximum atomic E-state index is 5.30. The summed E-state index contributed by atoms with van der Waals surface area (Å²) in [7, 11) is 3.34. The molecule has 0 aromatic heterocycles. The lowest BCUT2D eigenvalue weighted by Crippen LogP contribution is -2.16. The second-order valence-corrected chi connectivity index (χ2v) is 4.29. The van der Waals surface area contributed by atoms with Crippen molar-refractivity contribution in [1.82, 2.24) is 5.32 Å². The summed E-state index contributed by atoms with van der Waals surface area (Å²) in [5, 5.41) is 3.51. The van der Waals surface area contributed by atoms with Crippen molar-refractivity contribution < 1.29 is 9.47 Å². The Bertz CT molecular complexity index is 372. The normalized spacial score (nSPS) is 14.9. The smallest absolute Gasteiger partial charge is 0.161 e. The van der Waals surface area contributed by atoms with Crippen LogP contribution in [-0.2, 0) is 6.54 Å². The van der Waals surface area contributed by atoms with Crippen molar-refractivity contribution in [3.63, 3.8) is 0 Å². The maximum Gasteiger partial charge on any atom is 0.161 e. The molecule has 16 heavy (non-hydrogen) atoms. The first-order chi connectivity index (χ1) is 7.74. The summed E-state index contributed by atoms with van der Waals surface area (Å²) in [5.41, 5.74) is 2.52. The quantitative estimate of drug-likeness (QED) is 0.827. The van der Waals surface area contributed by atoms with Crippen LogP contribution in [0.1, 0.15) is 24.0 Å². The molecule has 0 saturated heterocycles. The molecule has 1 aliphatic rings. The van der Waals surface area contributed by atoms with E-state index in [2.05, 4.69) is 18.3 Å². The zero-order valence-corrected chi connectivity index (χ0v) is 10.2. The fraction of sp³-hybridized carbons (Fsp3) is 0.538. The zero-order chi connectivity index (χ0) is 11.5. The molecule has 0 amide bonds. The molecular weight excluding hydrogens is 202 g/mol. The summed E-state index contributed by atoms with van der Waals surface area (Å²) >= 11 is 0. The molecule has 1 aliphatic carbocycles. The van der Waals surface area contributed by atoms with Gasteiger partial charge in [-0.15, -0.1) is 0 Å². The number of ether oxygens (including phenoxy) is 2. The minimum absolute atomic E-state index is 0.729. The molecule has 1 saturated carbocycles. The van der Waals surface area contributed by atoms with Gasteiger partial charge in [0, 0.05) is 12.6 Å². The summed E-state index contributed by atoms with van der Waals surface area (Å²) in [5.74, 6) is 1.61. The van der Waals surface area contributed by atoms with E-state index in [0.717, 1.165) is 24.1 Å². The average molecular weight is 221 g/mol. The first kappa shape index (κ1) is 11.3. The number of methoxy groups -OCH3 is 2. The van der Waals surface area contributed by atoms with Crippen molar-refractivity contribution in [2.75, 3.05) is 14.2 Å². The second-order valence-electron chi connectivity index (χ2n) is 4.29. The predicted molar refractivity (Wildman–Crippen MR) is 64.1 cm³/mol. The highest BCUT2D eigenvalue weighted by molar-refractivity contribution is 5.47. The lowest BCUT2D eigenvalue weighted by atomic mass is 10.1. The van der Waals surface area contributed by atoms with E-state index in [-0.39, 0.29) is 0 Å². The Morgan fingerprint density at radius 2 is 1.81 bits per heavy atom. The molecule has 0 aliphatic heterocycles. The van der Waals surface area contributed by atoms with Crippen molar-refractivity contribution in [2.45, 2.75) is 32.4 Å². The van der Waals surface area contributed by atoms with Crippen LogP contribution >= 0.6 is 0 Å². The fourth-order valence-corrected chi connectivity index (χ4v) is 1.75. The van der Waals surface area contributed by atoms with Gasteiger partial charge < -0.3 is 14.8 Å². The van der Waals surface area contributed by atoms with Crippen molar-refractivity contribution in [3.05, 3.63) is 23.3 Å². The molecule has 3 heteroatoms. The van der Waals surface area contributed by atoms with Gasteiger partial charge in [-0.3, -0.25) is 0 Å². The van der Waals surface area contributed by atoms with E-state index >= 15 is 0 Å². The molecule has 3 nitrogen and oxygen atoms in total. The molecule has 0 unspecified atom stereocenters. The molecule has 2 rings (SSSR count). The van der Waals surface area contributed by atoms with Gasteiger partial charge in [0.15, 0.2) is 11.5 Å². The Hall–Kier alpha value is -1.22. The molecule has 0 heterocycles. The van der Waals surface area contributed by atoms with Crippen LogP contribution in [-0.4, -0.2) is 20.3 Å². The van der Waals surface area contributed by atoms with Crippen LogP contribution in [0.15, 0.2) is 12.1 Å². The molecule has 0 atom stereocenters. The number of hydrogen-bond donors (Lipinski definition) is 1. The summed E-state index contributed by atoms with van der Waals surface area (Å²) in [4.78, 5) is 0. The first-order valence-corrected chi connectivity index (χ1v) is 5.69. The van der Waals surface area contributed by atoms with Crippen LogP contribution < -0.4 is 14.8 Å². The largest absolute Gasteiger partial charge is 0.493 e. The van der Waals surface area contributed by atoms with Gasteiger partial charge in [-0.2, -0.15) is 0 Å². The van der Waals surface area contributed by atoms with E-state index in [4.69, 9.17) is 9.47 Å². The molecule has 1 aromatic rings. The Morgan fingerprint density at radius 1 is 1.19 bits per heavy atom. The van der Waals surface area contributed by atoms with Crippen molar-refractivity contribution in [1.29, 1.82) is 0 Å². The molecule has 88 valence electrons. The molecule has 0 bridgehead atoms. The number of hydrogen-bond acceptors (Lipinski definition) is 3. The van der Waals surface area contributed by atoms with Crippen LogP contribution in [0.5, 0.6) is 11.5 Å². The van der Waals surface area contributed by atoms with Crippen LogP contribution in [0.2, 0.25) is 0 Å². The van der Waals surface area contributed by atoms with E-state index in [1.165, 1.54) is 24.0 Å². The van der Waals surface area contributed by atoms with E-state index < -0.39 is 0 Å². The minimum atomic E-state index is 0.729. The standard InChI is InChI=1S/C13H19NO2/c1-9-6-12(15-2)13(16-3)7-10(9)8-14-11-4-5-11/h6-7,11,14H,4-5,8H2,1-3H3. The summed E-state index contributed by atoms with van der Waals surface area (Å²) in [6, 6.07) is 4.82. The average Bonchev–Trinajstić information content (AvgIpc) is 3.11. The fourth-order valence-electron chi connectivity index (χ4n) is 1.75. The third kappa shape index (κ3) is 2.47. The van der Waals surface area contributed by atoms with Crippen LogP contribution in [0.25, 0.3) is 0 Å². The SMILES string of the molecule is COc1cc(C)c(CNC2CC2)cc1OC. The monoisotopic (exact) mass is 221 g/mol. The van der Waals surface area contributed by atoms with Crippen LogP contribution in [0.4, 0.5) is 0 Å². The highest BCUT2D eigenvalue weighted by Gasteiger charge is 2.20. The highest BCUT2D eigenvalue weighted by atomic mass is 16.5. The van der Waals surface area contributed by atoms with Gasteiger partial charge in [0.1, 0.15) is 0 Å². The van der Waals surface area contributed by atoms with Gasteiger partial charge in [0.2, 0.25) is 0 Å². The molecule has 1 N–H and O–H groups in total. The van der Waals surface area contributed by atoms with Crippen molar-refractivity contribution in [3.8, 4) is 11.5 Å². The van der Waals surface area contributed by atoms with E-state index in [1.807, 2.05) is 6.07 Å². The predicted octanol–water partition coefficient (Wildman–Crippen LogP) is 2.26. The molecule has 1 fully saturated rings. The first-order valence-electron chi connectivity index (χ1n) is 5.69. The number of benzene rings is 1. The number of rotatable bonds is 5. The molecule has 0 spiro atoms. The van der Waals surface area contributed by atoms with Crippen molar-refractivity contribution in [2.24, 2.45) is 0 Å². The van der Waals surface area contributed by atoms with E-state index in [1.54, 1.807) is 14.2 Å². The molecular formula is C13H19NO2. The summed E-state index contributed by atoms with van der Waals surface area (Å²) < 4.78 is 10.6. The van der Waals surface area contributed by atoms with Gasteiger partial charge in [-0.05, 0) is 43.0 Å². The third-order valence-electron chi connectivity index (χ3n) is 3.00. The second kappa shape index (κ2) is 4.74. The lowest BCUT2D eigenvalue weighted by molar-refractivity contribution is 0.354. The Morgan fingerprint density at radius 3 is 2.38 bits per heavy atom. The van der Waals surface area contributed by atoms with Crippen LogP contribution in [0, 0.1) is 6.92 Å². The topological polar surface area (TPSA) is 30.5 Å². The minimum Gasteiger partial charge on any atom is -0.493 e. The zero-order valence-electron chi connectivity index (χ0n) is 10.2. The Labute approximate surface area is 96.8 Å². The number of nitrogens with one attached hydrogen (secondary N) is 1. The molecule has 0 radical (unpaired) electrons. The summed E-state index contributed by atoms with van der Waals surface area (Å²) in [6.45, 7) is 3.02. The molecule has 1 aromatic carbocycles.